The van der Waals surface area contributed by atoms with Crippen molar-refractivity contribution >= 4 is 29.4 Å². The Morgan fingerprint density at radius 1 is 1.30 bits per heavy atom. The molecule has 0 aromatic heterocycles. The molecule has 2 aromatic carbocycles. The van der Waals surface area contributed by atoms with Crippen molar-refractivity contribution in [2.75, 3.05) is 0 Å². The van der Waals surface area contributed by atoms with Crippen LogP contribution in [-0.2, 0) is 4.79 Å². The van der Waals surface area contributed by atoms with E-state index < -0.39 is 16.9 Å². The molecule has 2 aromatic rings. The lowest BCUT2D eigenvalue weighted by Gasteiger charge is -2.08. The number of hydrogen-bond donors (Lipinski definition) is 2. The Morgan fingerprint density at radius 2 is 2.00 bits per heavy atom. The summed E-state index contributed by atoms with van der Waals surface area (Å²) in [5.41, 5.74) is 2.71. The normalized spacial score (nSPS) is 12.1. The van der Waals surface area contributed by atoms with Gasteiger partial charge in [-0.1, -0.05) is 41.9 Å². The first-order valence-corrected chi connectivity index (χ1v) is 6.86. The van der Waals surface area contributed by atoms with Gasteiger partial charge in [0, 0.05) is 22.7 Å². The molecule has 23 heavy (non-hydrogen) atoms. The zero-order valence-electron chi connectivity index (χ0n) is 11.7. The second-order valence-electron chi connectivity index (χ2n) is 4.51. The van der Waals surface area contributed by atoms with Crippen molar-refractivity contribution in [1.82, 2.24) is 5.43 Å². The van der Waals surface area contributed by atoms with E-state index in [0.29, 0.717) is 5.56 Å². The maximum Gasteiger partial charge on any atom is 0.273 e. The Labute approximate surface area is 136 Å². The van der Waals surface area contributed by atoms with Crippen LogP contribution >= 0.6 is 11.6 Å². The van der Waals surface area contributed by atoms with E-state index >= 15 is 0 Å². The third-order valence-electron chi connectivity index (χ3n) is 2.93. The van der Waals surface area contributed by atoms with E-state index in [-0.39, 0.29) is 16.3 Å². The first-order chi connectivity index (χ1) is 11.0. The number of nitro groups is 1. The van der Waals surface area contributed by atoms with Gasteiger partial charge >= 0.3 is 0 Å². The number of aliphatic hydroxyl groups excluding tert-OH is 1. The van der Waals surface area contributed by atoms with Gasteiger partial charge in [-0.15, -0.1) is 0 Å². The highest BCUT2D eigenvalue weighted by molar-refractivity contribution is 6.33. The number of hydrogen-bond acceptors (Lipinski definition) is 5. The summed E-state index contributed by atoms with van der Waals surface area (Å²) in [7, 11) is 0. The summed E-state index contributed by atoms with van der Waals surface area (Å²) < 4.78 is 0. The van der Waals surface area contributed by atoms with Crippen LogP contribution in [0.2, 0.25) is 5.02 Å². The first kappa shape index (κ1) is 16.6. The molecule has 0 unspecified atom stereocenters. The molecule has 0 radical (unpaired) electrons. The van der Waals surface area contributed by atoms with Crippen molar-refractivity contribution in [3.8, 4) is 0 Å². The fourth-order valence-corrected chi connectivity index (χ4v) is 1.92. The number of aliphatic hydroxyl groups is 1. The Hall–Kier alpha value is -2.77. The van der Waals surface area contributed by atoms with E-state index in [1.54, 1.807) is 30.3 Å². The van der Waals surface area contributed by atoms with Gasteiger partial charge in [-0.25, -0.2) is 5.43 Å². The SMILES string of the molecule is O=C(N/N=C\c1cc([N+](=O)[O-])ccc1Cl)[C@H](O)c1ccccc1. The summed E-state index contributed by atoms with van der Waals surface area (Å²) in [4.78, 5) is 21.9. The first-order valence-electron chi connectivity index (χ1n) is 6.49. The van der Waals surface area contributed by atoms with Crippen LogP contribution in [0.15, 0.2) is 53.6 Å². The van der Waals surface area contributed by atoms with Crippen LogP contribution in [0.4, 0.5) is 5.69 Å². The Bertz CT molecular complexity index is 750. The fourth-order valence-electron chi connectivity index (χ4n) is 1.76. The van der Waals surface area contributed by atoms with Crippen molar-refractivity contribution in [3.05, 3.63) is 74.8 Å². The third-order valence-corrected chi connectivity index (χ3v) is 3.28. The molecule has 0 aliphatic rings. The lowest BCUT2D eigenvalue weighted by atomic mass is 10.1. The van der Waals surface area contributed by atoms with Crippen molar-refractivity contribution < 1.29 is 14.8 Å². The Morgan fingerprint density at radius 3 is 2.65 bits per heavy atom. The molecule has 2 rings (SSSR count). The average Bonchev–Trinajstić information content (AvgIpc) is 2.56. The fraction of sp³-hybridized carbons (Fsp3) is 0.0667. The second-order valence-corrected chi connectivity index (χ2v) is 4.92. The number of nitrogens with one attached hydrogen (secondary N) is 1. The van der Waals surface area contributed by atoms with E-state index in [2.05, 4.69) is 10.5 Å². The summed E-state index contributed by atoms with van der Waals surface area (Å²) in [6.45, 7) is 0. The van der Waals surface area contributed by atoms with Crippen LogP contribution in [0.25, 0.3) is 0 Å². The number of hydrazone groups is 1. The van der Waals surface area contributed by atoms with Gasteiger partial charge in [0.1, 0.15) is 0 Å². The van der Waals surface area contributed by atoms with Crippen LogP contribution in [0, 0.1) is 10.1 Å². The quantitative estimate of drug-likeness (QED) is 0.498. The van der Waals surface area contributed by atoms with E-state index in [1.807, 2.05) is 0 Å². The predicted molar refractivity (Wildman–Crippen MR) is 85.2 cm³/mol. The highest BCUT2D eigenvalue weighted by Crippen LogP contribution is 2.20. The number of carbonyl (C=O) groups excluding carboxylic acids is 1. The molecule has 118 valence electrons. The summed E-state index contributed by atoms with van der Waals surface area (Å²) in [6.07, 6.45) is -0.195. The molecule has 0 spiro atoms. The standard InChI is InChI=1S/C15H12ClN3O4/c16-13-7-6-12(19(22)23)8-11(13)9-17-18-15(21)14(20)10-4-2-1-3-5-10/h1-9,14,20H,(H,18,21)/b17-9-/t14-/m1/s1. The minimum Gasteiger partial charge on any atom is -0.378 e. The van der Waals surface area contributed by atoms with E-state index in [1.165, 1.54) is 24.4 Å². The largest absolute Gasteiger partial charge is 0.378 e. The lowest BCUT2D eigenvalue weighted by Crippen LogP contribution is -2.25. The molecule has 0 heterocycles. The number of amides is 1. The minimum absolute atomic E-state index is 0.147. The number of halogens is 1. The van der Waals surface area contributed by atoms with Gasteiger partial charge in [-0.05, 0) is 11.6 Å². The highest BCUT2D eigenvalue weighted by atomic mass is 35.5. The molecule has 0 aliphatic carbocycles. The molecule has 0 aliphatic heterocycles. The topological polar surface area (TPSA) is 105 Å². The van der Waals surface area contributed by atoms with E-state index in [9.17, 15) is 20.0 Å². The summed E-state index contributed by atoms with van der Waals surface area (Å²) in [5.74, 6) is -0.728. The zero-order chi connectivity index (χ0) is 16.8. The smallest absolute Gasteiger partial charge is 0.273 e. The zero-order valence-corrected chi connectivity index (χ0v) is 12.5. The number of benzene rings is 2. The van der Waals surface area contributed by atoms with E-state index in [4.69, 9.17) is 11.6 Å². The maximum atomic E-state index is 11.8. The molecule has 7 nitrogen and oxygen atoms in total. The van der Waals surface area contributed by atoms with Crippen molar-refractivity contribution in [1.29, 1.82) is 0 Å². The maximum absolute atomic E-state index is 11.8. The predicted octanol–water partition coefficient (Wildman–Crippen LogP) is 2.43. The van der Waals surface area contributed by atoms with Crippen LogP contribution < -0.4 is 5.43 Å². The molecular weight excluding hydrogens is 322 g/mol. The van der Waals surface area contributed by atoms with Crippen LogP contribution in [0.1, 0.15) is 17.2 Å². The van der Waals surface area contributed by atoms with Gasteiger partial charge in [-0.3, -0.25) is 14.9 Å². The summed E-state index contributed by atoms with van der Waals surface area (Å²) in [6, 6.07) is 12.2. The van der Waals surface area contributed by atoms with Gasteiger partial charge in [0.05, 0.1) is 11.1 Å². The molecule has 0 fully saturated rings. The van der Waals surface area contributed by atoms with Gasteiger partial charge in [0.15, 0.2) is 6.10 Å². The van der Waals surface area contributed by atoms with Crippen molar-refractivity contribution in [3.63, 3.8) is 0 Å². The average molecular weight is 334 g/mol. The Kier molecular flexibility index (Phi) is 5.40. The number of carbonyl (C=O) groups is 1. The van der Waals surface area contributed by atoms with Crippen molar-refractivity contribution in [2.24, 2.45) is 5.10 Å². The molecule has 0 saturated heterocycles. The lowest BCUT2D eigenvalue weighted by molar-refractivity contribution is -0.384. The number of rotatable bonds is 5. The monoisotopic (exact) mass is 333 g/mol. The number of nitro benzene ring substituents is 1. The molecule has 0 bridgehead atoms. The minimum atomic E-state index is -1.37. The molecule has 0 saturated carbocycles. The summed E-state index contributed by atoms with van der Waals surface area (Å²) in [5, 5.41) is 24.5. The van der Waals surface area contributed by atoms with Gasteiger partial charge in [0.2, 0.25) is 0 Å². The number of nitrogens with zero attached hydrogens (tertiary/aromatic N) is 2. The van der Waals surface area contributed by atoms with E-state index in [0.717, 1.165) is 0 Å². The molecule has 1 amide bonds. The molecule has 8 heteroatoms. The van der Waals surface area contributed by atoms with Crippen LogP contribution in [0.3, 0.4) is 0 Å². The molecule has 2 N–H and O–H groups in total. The van der Waals surface area contributed by atoms with Gasteiger partial charge in [0.25, 0.3) is 11.6 Å². The summed E-state index contributed by atoms with van der Waals surface area (Å²) >= 11 is 5.90. The van der Waals surface area contributed by atoms with Crippen molar-refractivity contribution in [2.45, 2.75) is 6.10 Å². The van der Waals surface area contributed by atoms with Gasteiger partial charge in [-0.2, -0.15) is 5.10 Å². The molecule has 1 atom stereocenters. The van der Waals surface area contributed by atoms with Crippen LogP contribution in [0.5, 0.6) is 0 Å². The van der Waals surface area contributed by atoms with Gasteiger partial charge < -0.3 is 5.11 Å². The Balaban J connectivity index is 2.05. The van der Waals surface area contributed by atoms with Crippen LogP contribution in [-0.4, -0.2) is 22.2 Å². The molecular formula is C15H12ClN3O4. The third kappa shape index (κ3) is 4.35. The number of non-ortho nitro benzene ring substituents is 1. The highest BCUT2D eigenvalue weighted by Gasteiger charge is 2.16. The second kappa shape index (κ2) is 7.48.